The van der Waals surface area contributed by atoms with Crippen molar-refractivity contribution in [3.8, 4) is 0 Å². The fourth-order valence-corrected chi connectivity index (χ4v) is 4.36. The van der Waals surface area contributed by atoms with Gasteiger partial charge in [0.15, 0.2) is 0 Å². The summed E-state index contributed by atoms with van der Waals surface area (Å²) in [6.45, 7) is 11.1. The number of unbranched alkanes of at least 4 members (excludes halogenated alkanes) is 1. The lowest BCUT2D eigenvalue weighted by atomic mass is 9.58. The molecule has 0 fully saturated rings. The first-order valence-electron chi connectivity index (χ1n) is 9.34. The number of nitrogens with two attached hydrogens (primary N) is 2. The van der Waals surface area contributed by atoms with E-state index in [-0.39, 0.29) is 12.8 Å². The Kier molecular flexibility index (Phi) is 7.22. The number of aryl methyl sites for hydroxylation is 1. The highest BCUT2D eigenvalue weighted by Crippen LogP contribution is 2.48. The SMILES string of the molecule is C.CCCCc1ccccc1C1=CC(C(C)C)(C(C)C)C(N)(N)C=C1. The van der Waals surface area contributed by atoms with Gasteiger partial charge in [0.2, 0.25) is 0 Å². The molecular formula is C23H38N2. The number of hydrogen-bond acceptors (Lipinski definition) is 2. The summed E-state index contributed by atoms with van der Waals surface area (Å²) in [6, 6.07) is 8.74. The van der Waals surface area contributed by atoms with E-state index in [2.05, 4.69) is 71.0 Å². The molecule has 1 aliphatic rings. The second-order valence-corrected chi connectivity index (χ2v) is 7.87. The first kappa shape index (κ1) is 21.7. The van der Waals surface area contributed by atoms with Crippen molar-refractivity contribution in [2.75, 3.05) is 0 Å². The molecule has 0 atom stereocenters. The van der Waals surface area contributed by atoms with Crippen LogP contribution in [0.4, 0.5) is 0 Å². The Morgan fingerprint density at radius 3 is 2.16 bits per heavy atom. The summed E-state index contributed by atoms with van der Waals surface area (Å²) in [5.41, 5.74) is 16.0. The van der Waals surface area contributed by atoms with Crippen molar-refractivity contribution in [3.63, 3.8) is 0 Å². The van der Waals surface area contributed by atoms with Crippen LogP contribution in [-0.2, 0) is 6.42 Å². The van der Waals surface area contributed by atoms with Gasteiger partial charge in [-0.15, -0.1) is 0 Å². The molecule has 1 aromatic rings. The first-order chi connectivity index (χ1) is 11.3. The second kappa shape index (κ2) is 8.33. The van der Waals surface area contributed by atoms with Gasteiger partial charge < -0.3 is 11.5 Å². The Labute approximate surface area is 155 Å². The molecule has 2 nitrogen and oxygen atoms in total. The van der Waals surface area contributed by atoms with E-state index < -0.39 is 5.66 Å². The molecule has 0 heterocycles. The predicted octanol–water partition coefficient (Wildman–Crippen LogP) is 5.53. The summed E-state index contributed by atoms with van der Waals surface area (Å²) >= 11 is 0. The standard InChI is InChI=1S/C22H34N2.CH4/c1-6-7-10-18-11-8-9-12-20(18)19-13-14-22(23,24)21(15-19,16(2)3)17(4)5;/h8-9,11-17H,6-7,10,23-24H2,1-5H3;1H4. The fraction of sp³-hybridized carbons (Fsp3) is 0.565. The summed E-state index contributed by atoms with van der Waals surface area (Å²) in [5, 5.41) is 0. The molecule has 4 N–H and O–H groups in total. The van der Waals surface area contributed by atoms with Gasteiger partial charge >= 0.3 is 0 Å². The van der Waals surface area contributed by atoms with E-state index in [4.69, 9.17) is 11.5 Å². The number of benzene rings is 1. The minimum Gasteiger partial charge on any atom is -0.309 e. The van der Waals surface area contributed by atoms with E-state index in [9.17, 15) is 0 Å². The van der Waals surface area contributed by atoms with Crippen LogP contribution in [0.25, 0.3) is 5.57 Å². The third kappa shape index (κ3) is 3.91. The Morgan fingerprint density at radius 1 is 1.00 bits per heavy atom. The zero-order valence-electron chi connectivity index (χ0n) is 16.0. The van der Waals surface area contributed by atoms with Gasteiger partial charge in [0.25, 0.3) is 0 Å². The van der Waals surface area contributed by atoms with E-state index in [0.29, 0.717) is 11.8 Å². The molecule has 0 amide bonds. The summed E-state index contributed by atoms with van der Waals surface area (Å²) in [6.07, 6.45) is 10.0. The Balaban J connectivity index is 0.00000312. The molecule has 0 saturated carbocycles. The molecule has 1 aliphatic carbocycles. The Hall–Kier alpha value is -1.38. The van der Waals surface area contributed by atoms with E-state index in [0.717, 1.165) is 6.42 Å². The topological polar surface area (TPSA) is 52.0 Å². The molecule has 0 aromatic heterocycles. The highest BCUT2D eigenvalue weighted by atomic mass is 15.0. The zero-order valence-corrected chi connectivity index (χ0v) is 16.0. The average molecular weight is 343 g/mol. The van der Waals surface area contributed by atoms with Gasteiger partial charge in [-0.3, -0.25) is 0 Å². The van der Waals surface area contributed by atoms with Crippen LogP contribution in [0, 0.1) is 17.3 Å². The third-order valence-electron chi connectivity index (χ3n) is 5.72. The molecule has 140 valence electrons. The van der Waals surface area contributed by atoms with Crippen LogP contribution in [0.3, 0.4) is 0 Å². The largest absolute Gasteiger partial charge is 0.309 e. The highest BCUT2D eigenvalue weighted by Gasteiger charge is 2.49. The van der Waals surface area contributed by atoms with E-state index in [1.165, 1.54) is 29.5 Å². The van der Waals surface area contributed by atoms with Gasteiger partial charge in [-0.25, -0.2) is 0 Å². The van der Waals surface area contributed by atoms with Crippen molar-refractivity contribution < 1.29 is 0 Å². The predicted molar refractivity (Wildman–Crippen MR) is 112 cm³/mol. The molecular weight excluding hydrogens is 304 g/mol. The van der Waals surface area contributed by atoms with Crippen LogP contribution < -0.4 is 11.5 Å². The van der Waals surface area contributed by atoms with Crippen LogP contribution in [0.2, 0.25) is 0 Å². The molecule has 0 unspecified atom stereocenters. The highest BCUT2D eigenvalue weighted by molar-refractivity contribution is 5.78. The molecule has 25 heavy (non-hydrogen) atoms. The maximum atomic E-state index is 6.56. The van der Waals surface area contributed by atoms with Crippen molar-refractivity contribution in [2.45, 2.75) is 67.0 Å². The molecule has 0 aliphatic heterocycles. The van der Waals surface area contributed by atoms with Gasteiger partial charge in [-0.2, -0.15) is 0 Å². The second-order valence-electron chi connectivity index (χ2n) is 7.87. The van der Waals surface area contributed by atoms with Gasteiger partial charge in [-0.1, -0.05) is 84.9 Å². The Morgan fingerprint density at radius 2 is 1.60 bits per heavy atom. The number of hydrogen-bond donors (Lipinski definition) is 2. The fourth-order valence-electron chi connectivity index (χ4n) is 4.36. The smallest absolute Gasteiger partial charge is 0.0930 e. The van der Waals surface area contributed by atoms with Gasteiger partial charge in [0.1, 0.15) is 0 Å². The lowest BCUT2D eigenvalue weighted by molar-refractivity contribution is 0.0932. The van der Waals surface area contributed by atoms with Crippen LogP contribution in [0.1, 0.15) is 66.0 Å². The molecule has 2 heteroatoms. The van der Waals surface area contributed by atoms with E-state index >= 15 is 0 Å². The van der Waals surface area contributed by atoms with Crippen molar-refractivity contribution >= 4 is 5.57 Å². The van der Waals surface area contributed by atoms with Crippen molar-refractivity contribution in [2.24, 2.45) is 28.7 Å². The maximum absolute atomic E-state index is 6.56. The molecule has 0 spiro atoms. The normalized spacial score (nSPS) is 18.2. The van der Waals surface area contributed by atoms with Gasteiger partial charge in [-0.05, 0) is 47.5 Å². The summed E-state index contributed by atoms with van der Waals surface area (Å²) in [7, 11) is 0. The Bertz CT molecular complexity index is 613. The van der Waals surface area contributed by atoms with Gasteiger partial charge in [0.05, 0.1) is 5.66 Å². The average Bonchev–Trinajstić information content (AvgIpc) is 2.52. The van der Waals surface area contributed by atoms with Crippen molar-refractivity contribution in [3.05, 3.63) is 53.6 Å². The summed E-state index contributed by atoms with van der Waals surface area (Å²) in [5.74, 6) is 0.713. The zero-order chi connectivity index (χ0) is 18.0. The lowest BCUT2D eigenvalue weighted by Gasteiger charge is -2.51. The molecule has 0 saturated heterocycles. The molecule has 0 radical (unpaired) electrons. The van der Waals surface area contributed by atoms with E-state index in [1.54, 1.807) is 0 Å². The number of allylic oxidation sites excluding steroid dienone is 2. The summed E-state index contributed by atoms with van der Waals surface area (Å²) < 4.78 is 0. The van der Waals surface area contributed by atoms with Crippen molar-refractivity contribution in [1.29, 1.82) is 0 Å². The van der Waals surface area contributed by atoms with Gasteiger partial charge in [0, 0.05) is 5.41 Å². The molecule has 2 rings (SSSR count). The minimum atomic E-state index is -0.822. The lowest BCUT2D eigenvalue weighted by Crippen LogP contribution is -2.65. The first-order valence-corrected chi connectivity index (χ1v) is 9.34. The van der Waals surface area contributed by atoms with Crippen LogP contribution in [0.15, 0.2) is 42.5 Å². The summed E-state index contributed by atoms with van der Waals surface area (Å²) in [4.78, 5) is 0. The molecule has 1 aromatic carbocycles. The maximum Gasteiger partial charge on any atom is 0.0930 e. The monoisotopic (exact) mass is 342 g/mol. The number of rotatable bonds is 6. The van der Waals surface area contributed by atoms with Crippen LogP contribution in [-0.4, -0.2) is 5.66 Å². The van der Waals surface area contributed by atoms with E-state index in [1.807, 2.05) is 6.08 Å². The van der Waals surface area contributed by atoms with Crippen LogP contribution in [0.5, 0.6) is 0 Å². The minimum absolute atomic E-state index is 0. The molecule has 0 bridgehead atoms. The van der Waals surface area contributed by atoms with Crippen LogP contribution >= 0.6 is 0 Å². The third-order valence-corrected chi connectivity index (χ3v) is 5.72. The van der Waals surface area contributed by atoms with Crippen molar-refractivity contribution in [1.82, 2.24) is 0 Å². The quantitative estimate of drug-likeness (QED) is 0.668.